The standard InChI is InChI=1S/C9H10N4O3/c1-2-7-8(9(14)15)11-12-13(7)5-6-3-4-10-16-6/h3-4H,2,5H2,1H3,(H,14,15). The predicted octanol–water partition coefficient (Wildman–Crippen LogP) is 0.575. The van der Waals surface area contributed by atoms with Crippen molar-refractivity contribution >= 4 is 5.97 Å². The Bertz CT molecular complexity index is 489. The smallest absolute Gasteiger partial charge is 0.358 e. The number of rotatable bonds is 4. The highest BCUT2D eigenvalue weighted by atomic mass is 16.5. The van der Waals surface area contributed by atoms with Gasteiger partial charge in [0.05, 0.1) is 11.9 Å². The summed E-state index contributed by atoms with van der Waals surface area (Å²) in [7, 11) is 0. The summed E-state index contributed by atoms with van der Waals surface area (Å²) in [6, 6.07) is 1.70. The number of hydrogen-bond acceptors (Lipinski definition) is 5. The van der Waals surface area contributed by atoms with E-state index in [1.54, 1.807) is 6.07 Å². The third-order valence-electron chi connectivity index (χ3n) is 2.17. The molecule has 2 rings (SSSR count). The second kappa shape index (κ2) is 4.13. The lowest BCUT2D eigenvalue weighted by Crippen LogP contribution is -2.08. The summed E-state index contributed by atoms with van der Waals surface area (Å²) in [5, 5.41) is 19.8. The maximum Gasteiger partial charge on any atom is 0.358 e. The highest BCUT2D eigenvalue weighted by Gasteiger charge is 2.17. The maximum atomic E-state index is 10.8. The van der Waals surface area contributed by atoms with Crippen molar-refractivity contribution in [1.29, 1.82) is 0 Å². The van der Waals surface area contributed by atoms with Crippen LogP contribution in [0.25, 0.3) is 0 Å². The average Bonchev–Trinajstić information content (AvgIpc) is 2.87. The largest absolute Gasteiger partial charge is 0.476 e. The Morgan fingerprint density at radius 1 is 1.62 bits per heavy atom. The number of aromatic nitrogens is 4. The highest BCUT2D eigenvalue weighted by molar-refractivity contribution is 5.86. The van der Waals surface area contributed by atoms with Crippen molar-refractivity contribution < 1.29 is 14.4 Å². The summed E-state index contributed by atoms with van der Waals surface area (Å²) in [5.74, 6) is -0.461. The molecule has 2 aromatic rings. The summed E-state index contributed by atoms with van der Waals surface area (Å²) >= 11 is 0. The van der Waals surface area contributed by atoms with Crippen LogP contribution in [0.1, 0.15) is 28.9 Å². The molecule has 0 amide bonds. The van der Waals surface area contributed by atoms with Crippen LogP contribution in [0.3, 0.4) is 0 Å². The number of carboxylic acids is 1. The van der Waals surface area contributed by atoms with Gasteiger partial charge in [0.2, 0.25) is 0 Å². The fraction of sp³-hybridized carbons (Fsp3) is 0.333. The quantitative estimate of drug-likeness (QED) is 0.812. The molecule has 0 aliphatic rings. The summed E-state index contributed by atoms with van der Waals surface area (Å²) in [6.45, 7) is 2.19. The minimum absolute atomic E-state index is 0.0120. The molecule has 2 heterocycles. The number of nitrogens with zero attached hydrogens (tertiary/aromatic N) is 4. The molecule has 7 nitrogen and oxygen atoms in total. The van der Waals surface area contributed by atoms with Gasteiger partial charge in [-0.3, -0.25) is 0 Å². The molecule has 0 aromatic carbocycles. The van der Waals surface area contributed by atoms with Crippen molar-refractivity contribution in [2.24, 2.45) is 0 Å². The van der Waals surface area contributed by atoms with Crippen LogP contribution < -0.4 is 0 Å². The van der Waals surface area contributed by atoms with Gasteiger partial charge < -0.3 is 9.63 Å². The zero-order chi connectivity index (χ0) is 11.5. The van der Waals surface area contributed by atoms with Gasteiger partial charge in [0.1, 0.15) is 6.54 Å². The van der Waals surface area contributed by atoms with E-state index in [0.29, 0.717) is 24.4 Å². The molecule has 2 aromatic heterocycles. The molecule has 16 heavy (non-hydrogen) atoms. The van der Waals surface area contributed by atoms with Gasteiger partial charge in [-0.05, 0) is 6.42 Å². The Labute approximate surface area is 90.7 Å². The Balaban J connectivity index is 2.31. The van der Waals surface area contributed by atoms with Crippen molar-refractivity contribution in [2.45, 2.75) is 19.9 Å². The zero-order valence-corrected chi connectivity index (χ0v) is 8.62. The normalized spacial score (nSPS) is 10.6. The molecule has 7 heteroatoms. The third kappa shape index (κ3) is 1.79. The Morgan fingerprint density at radius 3 is 3.00 bits per heavy atom. The molecule has 0 aliphatic carbocycles. The molecule has 84 valence electrons. The second-order valence-electron chi connectivity index (χ2n) is 3.18. The Hall–Kier alpha value is -2.18. The monoisotopic (exact) mass is 222 g/mol. The topological polar surface area (TPSA) is 94.0 Å². The Kier molecular flexibility index (Phi) is 2.67. The molecule has 0 bridgehead atoms. The first-order chi connectivity index (χ1) is 7.72. The minimum atomic E-state index is -1.07. The molecular weight excluding hydrogens is 212 g/mol. The van der Waals surface area contributed by atoms with E-state index in [2.05, 4.69) is 15.5 Å². The Morgan fingerprint density at radius 2 is 2.44 bits per heavy atom. The van der Waals surface area contributed by atoms with E-state index in [9.17, 15) is 4.79 Å². The van der Waals surface area contributed by atoms with Gasteiger partial charge in [0, 0.05) is 6.07 Å². The van der Waals surface area contributed by atoms with Crippen LogP contribution in [0.4, 0.5) is 0 Å². The van der Waals surface area contributed by atoms with E-state index >= 15 is 0 Å². The van der Waals surface area contributed by atoms with Crippen LogP contribution in [0.15, 0.2) is 16.8 Å². The van der Waals surface area contributed by atoms with Crippen molar-refractivity contribution in [3.63, 3.8) is 0 Å². The van der Waals surface area contributed by atoms with Crippen LogP contribution in [0.2, 0.25) is 0 Å². The van der Waals surface area contributed by atoms with E-state index < -0.39 is 5.97 Å². The summed E-state index contributed by atoms with van der Waals surface area (Å²) in [6.07, 6.45) is 2.07. The molecule has 1 N–H and O–H groups in total. The number of carbonyl (C=O) groups is 1. The van der Waals surface area contributed by atoms with E-state index in [0.717, 1.165) is 0 Å². The van der Waals surface area contributed by atoms with Gasteiger partial charge in [-0.25, -0.2) is 9.48 Å². The predicted molar refractivity (Wildman–Crippen MR) is 52.0 cm³/mol. The average molecular weight is 222 g/mol. The highest BCUT2D eigenvalue weighted by Crippen LogP contribution is 2.09. The van der Waals surface area contributed by atoms with Crippen LogP contribution in [-0.2, 0) is 13.0 Å². The van der Waals surface area contributed by atoms with Crippen LogP contribution in [0.5, 0.6) is 0 Å². The van der Waals surface area contributed by atoms with Gasteiger partial charge in [0.25, 0.3) is 0 Å². The summed E-state index contributed by atoms with van der Waals surface area (Å²) in [5.41, 5.74) is 0.561. The van der Waals surface area contributed by atoms with E-state index in [1.807, 2.05) is 6.92 Å². The van der Waals surface area contributed by atoms with Crippen LogP contribution in [-0.4, -0.2) is 31.2 Å². The van der Waals surface area contributed by atoms with Gasteiger partial charge in [0.15, 0.2) is 11.5 Å². The molecule has 0 aliphatic heterocycles. The van der Waals surface area contributed by atoms with Crippen molar-refractivity contribution in [1.82, 2.24) is 20.2 Å². The zero-order valence-electron chi connectivity index (χ0n) is 8.62. The lowest BCUT2D eigenvalue weighted by Gasteiger charge is -2.01. The first kappa shape index (κ1) is 10.3. The SMILES string of the molecule is CCc1c(C(=O)O)nnn1Cc1ccno1. The molecule has 0 saturated heterocycles. The summed E-state index contributed by atoms with van der Waals surface area (Å²) < 4.78 is 6.42. The number of hydrogen-bond donors (Lipinski definition) is 1. The van der Waals surface area contributed by atoms with Gasteiger partial charge >= 0.3 is 5.97 Å². The van der Waals surface area contributed by atoms with Crippen molar-refractivity contribution in [2.75, 3.05) is 0 Å². The molecular formula is C9H10N4O3. The lowest BCUT2D eigenvalue weighted by atomic mass is 10.2. The second-order valence-corrected chi connectivity index (χ2v) is 3.18. The van der Waals surface area contributed by atoms with Gasteiger partial charge in [-0.15, -0.1) is 5.10 Å². The molecule has 0 unspecified atom stereocenters. The fourth-order valence-corrected chi connectivity index (χ4v) is 1.45. The third-order valence-corrected chi connectivity index (χ3v) is 2.17. The molecule has 0 spiro atoms. The lowest BCUT2D eigenvalue weighted by molar-refractivity contribution is 0.0689. The van der Waals surface area contributed by atoms with E-state index in [-0.39, 0.29) is 5.69 Å². The maximum absolute atomic E-state index is 10.8. The van der Waals surface area contributed by atoms with E-state index in [4.69, 9.17) is 9.63 Å². The minimum Gasteiger partial charge on any atom is -0.476 e. The van der Waals surface area contributed by atoms with Crippen LogP contribution >= 0.6 is 0 Å². The first-order valence-electron chi connectivity index (χ1n) is 4.77. The first-order valence-corrected chi connectivity index (χ1v) is 4.77. The van der Waals surface area contributed by atoms with Crippen molar-refractivity contribution in [3.05, 3.63) is 29.4 Å². The van der Waals surface area contributed by atoms with Gasteiger partial charge in [-0.1, -0.05) is 17.3 Å². The molecule has 0 atom stereocenters. The molecule has 0 saturated carbocycles. The summed E-state index contributed by atoms with van der Waals surface area (Å²) in [4.78, 5) is 10.8. The fourth-order valence-electron chi connectivity index (χ4n) is 1.45. The van der Waals surface area contributed by atoms with Crippen molar-refractivity contribution in [3.8, 4) is 0 Å². The van der Waals surface area contributed by atoms with Gasteiger partial charge in [-0.2, -0.15) is 0 Å². The number of aromatic carboxylic acids is 1. The number of carboxylic acid groups (broad SMARTS) is 1. The van der Waals surface area contributed by atoms with Crippen LogP contribution in [0, 0.1) is 0 Å². The molecule has 0 fully saturated rings. The van der Waals surface area contributed by atoms with E-state index in [1.165, 1.54) is 10.9 Å². The molecule has 0 radical (unpaired) electrons.